The minimum atomic E-state index is -0.936. The highest BCUT2D eigenvalue weighted by molar-refractivity contribution is 5.92. The summed E-state index contributed by atoms with van der Waals surface area (Å²) >= 11 is 0. The predicted octanol–water partition coefficient (Wildman–Crippen LogP) is 2.52. The standard InChI is InChI=1S/C15H22N2O4/c1-4-16(11(3)9-14(19)20)15(21)17(5-2)12-7-6-8-13(18)10-12/h6-8,10-11,18H,4-5,9H2,1-3H3,(H,19,20). The van der Waals surface area contributed by atoms with E-state index in [4.69, 9.17) is 5.11 Å². The van der Waals surface area contributed by atoms with Gasteiger partial charge in [-0.25, -0.2) is 4.79 Å². The summed E-state index contributed by atoms with van der Waals surface area (Å²) in [4.78, 5) is 26.5. The summed E-state index contributed by atoms with van der Waals surface area (Å²) in [6.45, 7) is 6.21. The van der Waals surface area contributed by atoms with Gasteiger partial charge < -0.3 is 15.1 Å². The van der Waals surface area contributed by atoms with E-state index in [1.54, 1.807) is 19.1 Å². The number of urea groups is 1. The first-order valence-electron chi connectivity index (χ1n) is 6.99. The maximum Gasteiger partial charge on any atom is 0.324 e. The summed E-state index contributed by atoms with van der Waals surface area (Å²) in [6, 6.07) is 5.78. The number of rotatable bonds is 6. The number of aliphatic carboxylic acids is 1. The topological polar surface area (TPSA) is 81.1 Å². The zero-order valence-electron chi connectivity index (χ0n) is 12.6. The molecule has 0 aliphatic rings. The number of carbonyl (C=O) groups is 2. The molecule has 0 aromatic heterocycles. The van der Waals surface area contributed by atoms with Crippen LogP contribution in [-0.2, 0) is 4.79 Å². The van der Waals surface area contributed by atoms with Crippen LogP contribution in [0.2, 0.25) is 0 Å². The Morgan fingerprint density at radius 3 is 2.38 bits per heavy atom. The fraction of sp³-hybridized carbons (Fsp3) is 0.467. The van der Waals surface area contributed by atoms with Gasteiger partial charge in [0.05, 0.1) is 6.42 Å². The SMILES string of the molecule is CCN(C(=O)N(CC)C(C)CC(=O)O)c1cccc(O)c1. The maximum absolute atomic E-state index is 12.6. The van der Waals surface area contributed by atoms with Crippen LogP contribution in [-0.4, -0.2) is 46.2 Å². The van der Waals surface area contributed by atoms with Crippen LogP contribution in [0.5, 0.6) is 5.75 Å². The Balaban J connectivity index is 2.97. The first kappa shape index (κ1) is 16.8. The average Bonchev–Trinajstić information content (AvgIpc) is 2.39. The van der Waals surface area contributed by atoms with Crippen LogP contribution in [0.3, 0.4) is 0 Å². The number of carboxylic acids is 1. The molecule has 1 rings (SSSR count). The number of phenolic OH excluding ortho intramolecular Hbond substituents is 1. The van der Waals surface area contributed by atoms with Gasteiger partial charge in [0.2, 0.25) is 0 Å². The fourth-order valence-corrected chi connectivity index (χ4v) is 2.24. The molecular weight excluding hydrogens is 272 g/mol. The monoisotopic (exact) mass is 294 g/mol. The Kier molecular flexibility index (Phi) is 6.02. The molecule has 0 aliphatic carbocycles. The summed E-state index contributed by atoms with van der Waals surface area (Å²) in [5, 5.41) is 18.4. The van der Waals surface area contributed by atoms with Crippen molar-refractivity contribution in [3.8, 4) is 5.75 Å². The van der Waals surface area contributed by atoms with Crippen molar-refractivity contribution in [1.82, 2.24) is 4.90 Å². The third kappa shape index (κ3) is 4.37. The molecule has 1 atom stereocenters. The van der Waals surface area contributed by atoms with Crippen molar-refractivity contribution in [3.05, 3.63) is 24.3 Å². The third-order valence-corrected chi connectivity index (χ3v) is 3.28. The summed E-state index contributed by atoms with van der Waals surface area (Å²) < 4.78 is 0. The first-order chi connectivity index (χ1) is 9.90. The number of benzene rings is 1. The van der Waals surface area contributed by atoms with Crippen LogP contribution >= 0.6 is 0 Å². The molecule has 1 unspecified atom stereocenters. The van der Waals surface area contributed by atoms with Gasteiger partial charge in [-0.3, -0.25) is 9.69 Å². The van der Waals surface area contributed by atoms with Crippen molar-refractivity contribution in [2.75, 3.05) is 18.0 Å². The maximum atomic E-state index is 12.6. The third-order valence-electron chi connectivity index (χ3n) is 3.28. The lowest BCUT2D eigenvalue weighted by atomic mass is 10.2. The van der Waals surface area contributed by atoms with Gasteiger partial charge in [-0.2, -0.15) is 0 Å². The molecule has 0 radical (unpaired) electrons. The van der Waals surface area contributed by atoms with E-state index in [-0.39, 0.29) is 18.2 Å². The van der Waals surface area contributed by atoms with E-state index in [0.29, 0.717) is 18.8 Å². The average molecular weight is 294 g/mol. The number of hydrogen-bond acceptors (Lipinski definition) is 3. The second-order valence-electron chi connectivity index (χ2n) is 4.78. The van der Waals surface area contributed by atoms with Crippen LogP contribution in [0.25, 0.3) is 0 Å². The number of anilines is 1. The Hall–Kier alpha value is -2.24. The molecule has 0 saturated heterocycles. The van der Waals surface area contributed by atoms with Crippen LogP contribution < -0.4 is 4.90 Å². The van der Waals surface area contributed by atoms with Gasteiger partial charge in [-0.05, 0) is 32.9 Å². The van der Waals surface area contributed by atoms with Crippen LogP contribution in [0.1, 0.15) is 27.2 Å². The van der Waals surface area contributed by atoms with Gasteiger partial charge in [0.25, 0.3) is 0 Å². The lowest BCUT2D eigenvalue weighted by Crippen LogP contribution is -2.48. The number of aromatic hydroxyl groups is 1. The Bertz CT molecular complexity index is 504. The second-order valence-corrected chi connectivity index (χ2v) is 4.78. The minimum Gasteiger partial charge on any atom is -0.508 e. The van der Waals surface area contributed by atoms with E-state index in [0.717, 1.165) is 0 Å². The molecule has 0 fully saturated rings. The molecule has 2 N–H and O–H groups in total. The largest absolute Gasteiger partial charge is 0.508 e. The van der Waals surface area contributed by atoms with Crippen LogP contribution in [0, 0.1) is 0 Å². The van der Waals surface area contributed by atoms with Gasteiger partial charge in [0.1, 0.15) is 5.75 Å². The zero-order chi connectivity index (χ0) is 16.0. The molecule has 0 bridgehead atoms. The van der Waals surface area contributed by atoms with Crippen LogP contribution in [0.4, 0.5) is 10.5 Å². The quantitative estimate of drug-likeness (QED) is 0.844. The van der Waals surface area contributed by atoms with E-state index in [1.807, 2.05) is 13.8 Å². The van der Waals surface area contributed by atoms with E-state index in [2.05, 4.69) is 0 Å². The smallest absolute Gasteiger partial charge is 0.324 e. The highest BCUT2D eigenvalue weighted by Crippen LogP contribution is 2.22. The molecular formula is C15H22N2O4. The summed E-state index contributed by atoms with van der Waals surface area (Å²) in [7, 11) is 0. The van der Waals surface area contributed by atoms with E-state index in [1.165, 1.54) is 21.9 Å². The molecule has 1 aromatic carbocycles. The minimum absolute atomic E-state index is 0.0837. The van der Waals surface area contributed by atoms with Crippen molar-refractivity contribution >= 4 is 17.7 Å². The molecule has 6 nitrogen and oxygen atoms in total. The highest BCUT2D eigenvalue weighted by atomic mass is 16.4. The Labute approximate surface area is 124 Å². The normalized spacial score (nSPS) is 11.8. The molecule has 6 heteroatoms. The molecule has 0 heterocycles. The molecule has 1 aromatic rings. The first-order valence-corrected chi connectivity index (χ1v) is 6.99. The molecule has 0 saturated carbocycles. The van der Waals surface area contributed by atoms with E-state index < -0.39 is 12.0 Å². The number of nitrogens with zero attached hydrogens (tertiary/aromatic N) is 2. The summed E-state index contributed by atoms with van der Waals surface area (Å²) in [6.07, 6.45) is -0.100. The number of amides is 2. The highest BCUT2D eigenvalue weighted by Gasteiger charge is 2.25. The van der Waals surface area contributed by atoms with Gasteiger partial charge >= 0.3 is 12.0 Å². The van der Waals surface area contributed by atoms with E-state index in [9.17, 15) is 14.7 Å². The summed E-state index contributed by atoms with van der Waals surface area (Å²) in [5.41, 5.74) is 0.587. The number of carbonyl (C=O) groups excluding carboxylic acids is 1. The van der Waals surface area contributed by atoms with Crippen LogP contribution in [0.15, 0.2) is 24.3 Å². The summed E-state index contributed by atoms with van der Waals surface area (Å²) in [5.74, 6) is -0.852. The lowest BCUT2D eigenvalue weighted by Gasteiger charge is -2.33. The molecule has 0 spiro atoms. The van der Waals surface area contributed by atoms with Gasteiger partial charge in [0.15, 0.2) is 0 Å². The Morgan fingerprint density at radius 2 is 1.90 bits per heavy atom. The number of phenols is 1. The van der Waals surface area contributed by atoms with Gasteiger partial charge in [-0.1, -0.05) is 6.07 Å². The molecule has 116 valence electrons. The van der Waals surface area contributed by atoms with Crippen molar-refractivity contribution in [3.63, 3.8) is 0 Å². The van der Waals surface area contributed by atoms with Gasteiger partial charge in [-0.15, -0.1) is 0 Å². The number of carboxylic acid groups (broad SMARTS) is 1. The second kappa shape index (κ2) is 7.52. The van der Waals surface area contributed by atoms with Crippen molar-refractivity contribution < 1.29 is 19.8 Å². The van der Waals surface area contributed by atoms with Crippen molar-refractivity contribution in [1.29, 1.82) is 0 Å². The van der Waals surface area contributed by atoms with Crippen molar-refractivity contribution in [2.24, 2.45) is 0 Å². The molecule has 0 aliphatic heterocycles. The van der Waals surface area contributed by atoms with E-state index >= 15 is 0 Å². The predicted molar refractivity (Wildman–Crippen MR) is 80.6 cm³/mol. The number of hydrogen-bond donors (Lipinski definition) is 2. The Morgan fingerprint density at radius 1 is 1.24 bits per heavy atom. The molecule has 2 amide bonds. The lowest BCUT2D eigenvalue weighted by molar-refractivity contribution is -0.138. The molecule has 21 heavy (non-hydrogen) atoms. The zero-order valence-corrected chi connectivity index (χ0v) is 12.6. The fourth-order valence-electron chi connectivity index (χ4n) is 2.24. The van der Waals surface area contributed by atoms with Gasteiger partial charge in [0, 0.05) is 30.9 Å². The van der Waals surface area contributed by atoms with Crippen molar-refractivity contribution in [2.45, 2.75) is 33.2 Å².